The molecule has 0 saturated carbocycles. The number of carbonyl (C=O) groups is 1. The maximum Gasteiger partial charge on any atom is 0.239 e. The third-order valence-electron chi connectivity index (χ3n) is 6.24. The number of hydrogen-bond donors (Lipinski definition) is 0. The lowest BCUT2D eigenvalue weighted by Crippen LogP contribution is -2.51. The van der Waals surface area contributed by atoms with Crippen molar-refractivity contribution in [2.45, 2.75) is 51.5 Å². The molecule has 6 heteroatoms. The lowest BCUT2D eigenvalue weighted by atomic mass is 9.94. The van der Waals surface area contributed by atoms with Crippen molar-refractivity contribution >= 4 is 11.6 Å². The average molecular weight is 355 g/mol. The number of carbonyl (C=O) groups excluding carboxylic acids is 1. The number of hydrogen-bond acceptors (Lipinski definition) is 4. The summed E-state index contributed by atoms with van der Waals surface area (Å²) in [7, 11) is 0. The van der Waals surface area contributed by atoms with E-state index in [1.165, 1.54) is 0 Å². The summed E-state index contributed by atoms with van der Waals surface area (Å²) in [4.78, 5) is 17.3. The molecule has 4 rings (SSSR count). The van der Waals surface area contributed by atoms with Gasteiger partial charge in [0.05, 0.1) is 6.04 Å². The van der Waals surface area contributed by atoms with Crippen molar-refractivity contribution in [1.82, 2.24) is 24.4 Å². The largest absolute Gasteiger partial charge is 0.341 e. The van der Waals surface area contributed by atoms with Crippen LogP contribution in [0.25, 0.3) is 5.65 Å². The molecule has 6 nitrogen and oxygen atoms in total. The van der Waals surface area contributed by atoms with E-state index in [1.54, 1.807) is 0 Å². The van der Waals surface area contributed by atoms with Crippen molar-refractivity contribution in [3.8, 4) is 0 Å². The summed E-state index contributed by atoms with van der Waals surface area (Å²) in [6.07, 6.45) is 6.39. The van der Waals surface area contributed by atoms with Crippen molar-refractivity contribution in [2.24, 2.45) is 5.92 Å². The molecule has 0 bridgehead atoms. The summed E-state index contributed by atoms with van der Waals surface area (Å²) in [5.41, 5.74) is 0.910. The number of pyridine rings is 1. The van der Waals surface area contributed by atoms with Crippen LogP contribution in [0.2, 0.25) is 0 Å². The lowest BCUT2D eigenvalue weighted by Gasteiger charge is -2.38. The Labute approximate surface area is 155 Å². The summed E-state index contributed by atoms with van der Waals surface area (Å²) >= 11 is 0. The van der Waals surface area contributed by atoms with Gasteiger partial charge in [0.2, 0.25) is 5.91 Å². The zero-order valence-electron chi connectivity index (χ0n) is 15.8. The fourth-order valence-electron chi connectivity index (χ4n) is 4.33. The van der Waals surface area contributed by atoms with E-state index in [-0.39, 0.29) is 6.04 Å². The second-order valence-electron chi connectivity index (χ2n) is 7.98. The molecule has 1 atom stereocenters. The molecule has 140 valence electrons. The van der Waals surface area contributed by atoms with E-state index in [2.05, 4.69) is 38.2 Å². The molecule has 0 N–H and O–H groups in total. The van der Waals surface area contributed by atoms with Gasteiger partial charge in [-0.15, -0.1) is 10.2 Å². The monoisotopic (exact) mass is 355 g/mol. The number of piperidine rings is 2. The van der Waals surface area contributed by atoms with E-state index in [4.69, 9.17) is 0 Å². The van der Waals surface area contributed by atoms with E-state index in [0.717, 1.165) is 69.3 Å². The van der Waals surface area contributed by atoms with Gasteiger partial charge in [-0.3, -0.25) is 14.1 Å². The van der Waals surface area contributed by atoms with Gasteiger partial charge in [0.15, 0.2) is 5.65 Å². The maximum atomic E-state index is 12.8. The van der Waals surface area contributed by atoms with E-state index >= 15 is 0 Å². The van der Waals surface area contributed by atoms with Crippen molar-refractivity contribution in [3.63, 3.8) is 0 Å². The molecule has 1 unspecified atom stereocenters. The molecule has 0 radical (unpaired) electrons. The molecule has 26 heavy (non-hydrogen) atoms. The molecule has 2 fully saturated rings. The van der Waals surface area contributed by atoms with Gasteiger partial charge < -0.3 is 4.90 Å². The van der Waals surface area contributed by atoms with Crippen LogP contribution >= 0.6 is 0 Å². The van der Waals surface area contributed by atoms with Gasteiger partial charge in [0, 0.05) is 25.2 Å². The average Bonchev–Trinajstić information content (AvgIpc) is 3.12. The van der Waals surface area contributed by atoms with Crippen LogP contribution in [0, 0.1) is 5.92 Å². The molecule has 0 aromatic carbocycles. The summed E-state index contributed by atoms with van der Waals surface area (Å²) in [6.45, 7) is 8.10. The summed E-state index contributed by atoms with van der Waals surface area (Å²) < 4.78 is 2.10. The Morgan fingerprint density at radius 3 is 2.54 bits per heavy atom. The first-order valence-electron chi connectivity index (χ1n) is 9.96. The highest BCUT2D eigenvalue weighted by molar-refractivity contribution is 5.81. The van der Waals surface area contributed by atoms with Crippen LogP contribution < -0.4 is 0 Å². The first-order valence-corrected chi connectivity index (χ1v) is 9.96. The van der Waals surface area contributed by atoms with Crippen LogP contribution in [-0.2, 0) is 4.79 Å². The number of amides is 1. The maximum absolute atomic E-state index is 12.8. The molecule has 2 aromatic heterocycles. The highest BCUT2D eigenvalue weighted by Crippen LogP contribution is 2.28. The summed E-state index contributed by atoms with van der Waals surface area (Å²) in [5.74, 6) is 2.54. The molecule has 2 aromatic rings. The van der Waals surface area contributed by atoms with Gasteiger partial charge in [0.25, 0.3) is 0 Å². The molecule has 2 aliphatic heterocycles. The Kier molecular flexibility index (Phi) is 4.94. The highest BCUT2D eigenvalue weighted by Gasteiger charge is 2.32. The Bertz CT molecular complexity index is 756. The number of nitrogens with zero attached hydrogens (tertiary/aromatic N) is 5. The highest BCUT2D eigenvalue weighted by atomic mass is 16.2. The van der Waals surface area contributed by atoms with Crippen molar-refractivity contribution < 1.29 is 4.79 Å². The second kappa shape index (κ2) is 7.35. The van der Waals surface area contributed by atoms with Gasteiger partial charge in [-0.2, -0.15) is 0 Å². The fraction of sp³-hybridized carbons (Fsp3) is 0.650. The zero-order chi connectivity index (χ0) is 18.1. The number of rotatable bonds is 3. The van der Waals surface area contributed by atoms with Gasteiger partial charge >= 0.3 is 0 Å². The first kappa shape index (κ1) is 17.5. The molecule has 0 spiro atoms. The molecule has 0 aliphatic carbocycles. The summed E-state index contributed by atoms with van der Waals surface area (Å²) in [6, 6.07) is 5.99. The number of aromatic nitrogens is 3. The number of fused-ring (bicyclic) bond motifs is 1. The first-order chi connectivity index (χ1) is 12.6. The normalized spacial score (nSPS) is 22.0. The predicted octanol–water partition coefficient (Wildman–Crippen LogP) is 2.56. The molecular weight excluding hydrogens is 326 g/mol. The SMILES string of the molecule is CC1CCN(C(=O)C(C)N2CCC(c3nnc4ccccn34)CC2)CC1. The molecule has 2 aliphatic rings. The smallest absolute Gasteiger partial charge is 0.239 e. The van der Waals surface area contributed by atoms with Crippen LogP contribution in [0.5, 0.6) is 0 Å². The minimum atomic E-state index is -0.0144. The van der Waals surface area contributed by atoms with E-state index in [0.29, 0.717) is 11.8 Å². The Morgan fingerprint density at radius 2 is 1.81 bits per heavy atom. The van der Waals surface area contributed by atoms with Crippen molar-refractivity contribution in [1.29, 1.82) is 0 Å². The minimum absolute atomic E-state index is 0.0144. The quantitative estimate of drug-likeness (QED) is 0.849. The molecule has 1 amide bonds. The van der Waals surface area contributed by atoms with Crippen molar-refractivity contribution in [3.05, 3.63) is 30.2 Å². The van der Waals surface area contributed by atoms with Gasteiger partial charge in [-0.05, 0) is 63.7 Å². The second-order valence-corrected chi connectivity index (χ2v) is 7.98. The van der Waals surface area contributed by atoms with Crippen molar-refractivity contribution in [2.75, 3.05) is 26.2 Å². The van der Waals surface area contributed by atoms with Crippen LogP contribution in [0.4, 0.5) is 0 Å². The minimum Gasteiger partial charge on any atom is -0.341 e. The van der Waals surface area contributed by atoms with Crippen LogP contribution in [0.1, 0.15) is 51.3 Å². The fourth-order valence-corrected chi connectivity index (χ4v) is 4.33. The Hall–Kier alpha value is -1.95. The molecule has 2 saturated heterocycles. The zero-order valence-corrected chi connectivity index (χ0v) is 15.8. The van der Waals surface area contributed by atoms with E-state index in [9.17, 15) is 4.79 Å². The van der Waals surface area contributed by atoms with Crippen LogP contribution in [0.15, 0.2) is 24.4 Å². The molecule has 4 heterocycles. The van der Waals surface area contributed by atoms with Gasteiger partial charge in [-0.1, -0.05) is 13.0 Å². The van der Waals surface area contributed by atoms with Crippen LogP contribution in [-0.4, -0.2) is 62.5 Å². The van der Waals surface area contributed by atoms with Gasteiger partial charge in [-0.25, -0.2) is 0 Å². The molecular formula is C20H29N5O. The van der Waals surface area contributed by atoms with Gasteiger partial charge in [0.1, 0.15) is 5.82 Å². The third-order valence-corrected chi connectivity index (χ3v) is 6.24. The topological polar surface area (TPSA) is 53.7 Å². The van der Waals surface area contributed by atoms with E-state index in [1.807, 2.05) is 24.4 Å². The third kappa shape index (κ3) is 3.34. The van der Waals surface area contributed by atoms with E-state index < -0.39 is 0 Å². The standard InChI is InChI=1S/C20H29N5O/c1-15-6-11-24(12-7-15)20(26)16(2)23-13-8-17(9-14-23)19-22-21-18-5-3-4-10-25(18)19/h3-5,10,15-17H,6-9,11-14H2,1-2H3. The Balaban J connectivity index is 1.36. The lowest BCUT2D eigenvalue weighted by molar-refractivity contribution is -0.138. The predicted molar refractivity (Wildman–Crippen MR) is 101 cm³/mol. The summed E-state index contributed by atoms with van der Waals surface area (Å²) in [5, 5.41) is 8.71. The Morgan fingerprint density at radius 1 is 1.08 bits per heavy atom. The number of likely N-dealkylation sites (tertiary alicyclic amines) is 2. The van der Waals surface area contributed by atoms with Crippen LogP contribution in [0.3, 0.4) is 0 Å².